The van der Waals surface area contributed by atoms with Gasteiger partial charge in [-0.15, -0.1) is 0 Å². The SMILES string of the molecule is Cc1cc(C(NC(=O)c2cc(Cn3ccn(C)c3=N)cc(C3(C(F)(F)F)CC3)c2)C2CC2)ncc1F. The largest absolute Gasteiger partial charge is 0.398 e. The summed E-state index contributed by atoms with van der Waals surface area (Å²) in [7, 11) is 1.71. The van der Waals surface area contributed by atoms with Crippen LogP contribution in [0.1, 0.15) is 64.5 Å². The van der Waals surface area contributed by atoms with Gasteiger partial charge in [0.15, 0.2) is 0 Å². The maximum Gasteiger partial charge on any atom is 0.398 e. The Morgan fingerprint density at radius 1 is 1.22 bits per heavy atom. The van der Waals surface area contributed by atoms with Crippen LogP contribution in [-0.4, -0.2) is 26.2 Å². The zero-order valence-electron chi connectivity index (χ0n) is 20.0. The van der Waals surface area contributed by atoms with Crippen LogP contribution >= 0.6 is 0 Å². The number of alkyl halides is 3. The van der Waals surface area contributed by atoms with Gasteiger partial charge in [-0.05, 0) is 73.4 Å². The van der Waals surface area contributed by atoms with Crippen molar-refractivity contribution in [2.24, 2.45) is 13.0 Å². The fourth-order valence-corrected chi connectivity index (χ4v) is 4.72. The molecule has 2 aromatic heterocycles. The Morgan fingerprint density at radius 3 is 2.50 bits per heavy atom. The number of nitrogens with one attached hydrogen (secondary N) is 2. The van der Waals surface area contributed by atoms with Crippen LogP contribution < -0.4 is 10.9 Å². The molecule has 0 aliphatic heterocycles. The second kappa shape index (κ2) is 8.60. The van der Waals surface area contributed by atoms with Crippen molar-refractivity contribution in [3.63, 3.8) is 0 Å². The van der Waals surface area contributed by atoms with E-state index in [2.05, 4.69) is 10.3 Å². The lowest BCUT2D eigenvalue weighted by Crippen LogP contribution is -2.32. The second-order valence-corrected chi connectivity index (χ2v) is 10.0. The molecule has 0 spiro atoms. The van der Waals surface area contributed by atoms with Crippen molar-refractivity contribution in [3.05, 3.63) is 82.2 Å². The number of amides is 1. The first-order valence-corrected chi connectivity index (χ1v) is 11.9. The summed E-state index contributed by atoms with van der Waals surface area (Å²) in [6.45, 7) is 1.78. The van der Waals surface area contributed by atoms with E-state index in [0.29, 0.717) is 16.8 Å². The minimum Gasteiger partial charge on any atom is -0.343 e. The third-order valence-corrected chi connectivity index (χ3v) is 7.30. The van der Waals surface area contributed by atoms with E-state index in [1.54, 1.807) is 47.6 Å². The number of pyridine rings is 1. The summed E-state index contributed by atoms with van der Waals surface area (Å²) in [4.78, 5) is 17.6. The highest BCUT2D eigenvalue weighted by Crippen LogP contribution is 2.59. The smallest absolute Gasteiger partial charge is 0.343 e. The molecule has 3 aromatic rings. The predicted molar refractivity (Wildman–Crippen MR) is 124 cm³/mol. The molecule has 10 heteroatoms. The van der Waals surface area contributed by atoms with Gasteiger partial charge in [-0.3, -0.25) is 15.2 Å². The van der Waals surface area contributed by atoms with Gasteiger partial charge in [0, 0.05) is 25.0 Å². The zero-order chi connectivity index (χ0) is 25.8. The first kappa shape index (κ1) is 24.3. The van der Waals surface area contributed by atoms with E-state index in [4.69, 9.17) is 5.41 Å². The first-order valence-electron chi connectivity index (χ1n) is 11.9. The molecule has 2 fully saturated rings. The third kappa shape index (κ3) is 4.44. The van der Waals surface area contributed by atoms with E-state index < -0.39 is 29.4 Å². The first-order chi connectivity index (χ1) is 17.0. The van der Waals surface area contributed by atoms with Gasteiger partial charge >= 0.3 is 6.18 Å². The molecule has 5 rings (SSSR count). The van der Waals surface area contributed by atoms with Crippen molar-refractivity contribution >= 4 is 5.91 Å². The topological polar surface area (TPSA) is 75.7 Å². The normalized spacial score (nSPS) is 17.6. The molecule has 1 atom stereocenters. The Kier molecular flexibility index (Phi) is 5.80. The average Bonchev–Trinajstić information content (AvgIpc) is 3.74. The van der Waals surface area contributed by atoms with Crippen molar-refractivity contribution in [2.45, 2.75) is 56.8 Å². The molecule has 2 heterocycles. The molecular formula is C26H27F4N5O. The molecule has 1 amide bonds. The van der Waals surface area contributed by atoms with Crippen LogP contribution in [0.3, 0.4) is 0 Å². The van der Waals surface area contributed by atoms with Crippen LogP contribution in [0.4, 0.5) is 17.6 Å². The maximum atomic E-state index is 14.0. The van der Waals surface area contributed by atoms with E-state index in [1.807, 2.05) is 0 Å². The van der Waals surface area contributed by atoms with Gasteiger partial charge in [0.2, 0.25) is 5.62 Å². The Hall–Kier alpha value is -3.43. The summed E-state index contributed by atoms with van der Waals surface area (Å²) >= 11 is 0. The van der Waals surface area contributed by atoms with Gasteiger partial charge in [-0.25, -0.2) is 4.39 Å². The van der Waals surface area contributed by atoms with Crippen molar-refractivity contribution in [1.29, 1.82) is 5.41 Å². The Labute approximate surface area is 205 Å². The molecule has 0 saturated heterocycles. The van der Waals surface area contributed by atoms with E-state index >= 15 is 0 Å². The average molecular weight is 502 g/mol. The summed E-state index contributed by atoms with van der Waals surface area (Å²) in [6.07, 6.45) is 1.78. The summed E-state index contributed by atoms with van der Waals surface area (Å²) in [5.41, 5.74) is -0.101. The summed E-state index contributed by atoms with van der Waals surface area (Å²) < 4.78 is 58.9. The number of nitrogens with zero attached hydrogens (tertiary/aromatic N) is 3. The van der Waals surface area contributed by atoms with E-state index in [9.17, 15) is 22.4 Å². The van der Waals surface area contributed by atoms with Gasteiger partial charge in [-0.1, -0.05) is 6.07 Å². The molecule has 2 N–H and O–H groups in total. The number of aryl methyl sites for hydroxylation is 2. The second-order valence-electron chi connectivity index (χ2n) is 10.0. The van der Waals surface area contributed by atoms with Crippen LogP contribution in [0.15, 0.2) is 42.9 Å². The molecule has 2 aliphatic rings. The van der Waals surface area contributed by atoms with Crippen molar-refractivity contribution in [1.82, 2.24) is 19.4 Å². The molecule has 6 nitrogen and oxygen atoms in total. The zero-order valence-corrected chi connectivity index (χ0v) is 20.0. The number of carbonyl (C=O) groups excluding carboxylic acids is 1. The van der Waals surface area contributed by atoms with E-state index in [1.165, 1.54) is 12.1 Å². The van der Waals surface area contributed by atoms with E-state index in [-0.39, 0.29) is 42.0 Å². The number of halogens is 4. The number of hydrogen-bond acceptors (Lipinski definition) is 3. The third-order valence-electron chi connectivity index (χ3n) is 7.30. The van der Waals surface area contributed by atoms with Gasteiger partial charge in [0.25, 0.3) is 5.91 Å². The molecule has 2 aliphatic carbocycles. The van der Waals surface area contributed by atoms with Crippen molar-refractivity contribution < 1.29 is 22.4 Å². The van der Waals surface area contributed by atoms with Gasteiger partial charge in [0.1, 0.15) is 5.82 Å². The minimum atomic E-state index is -4.42. The molecule has 190 valence electrons. The molecule has 2 saturated carbocycles. The van der Waals surface area contributed by atoms with Crippen LogP contribution in [0.5, 0.6) is 0 Å². The van der Waals surface area contributed by atoms with Crippen LogP contribution in [0.2, 0.25) is 0 Å². The fraction of sp³-hybridized carbons (Fsp3) is 0.423. The molecule has 36 heavy (non-hydrogen) atoms. The lowest BCUT2D eigenvalue weighted by atomic mass is 9.91. The van der Waals surface area contributed by atoms with Crippen LogP contribution in [0.25, 0.3) is 0 Å². The number of hydrogen-bond donors (Lipinski definition) is 2. The number of carbonyl (C=O) groups is 1. The van der Waals surface area contributed by atoms with Crippen LogP contribution in [0, 0.1) is 24.1 Å². The number of aromatic nitrogens is 3. The number of rotatable bonds is 7. The highest BCUT2D eigenvalue weighted by Gasteiger charge is 2.64. The summed E-state index contributed by atoms with van der Waals surface area (Å²) in [5, 5.41) is 11.1. The fourth-order valence-electron chi connectivity index (χ4n) is 4.72. The number of benzene rings is 1. The lowest BCUT2D eigenvalue weighted by Gasteiger charge is -2.23. The van der Waals surface area contributed by atoms with Gasteiger partial charge < -0.3 is 14.5 Å². The standard InChI is InChI=1S/C26H27F4N5O/c1-15-9-21(32-13-20(15)27)22(17-3-4-17)33-23(36)18-10-16(14-35-8-7-34(2)24(35)31)11-19(12-18)25(5-6-25)26(28,29)30/h7-13,17,22,31H,3-6,14H2,1-2H3,(H,33,36). The Bertz CT molecular complexity index is 1380. The minimum absolute atomic E-state index is 0.0212. The van der Waals surface area contributed by atoms with E-state index in [0.717, 1.165) is 19.0 Å². The molecule has 0 radical (unpaired) electrons. The van der Waals surface area contributed by atoms with Gasteiger partial charge in [-0.2, -0.15) is 13.2 Å². The Morgan fingerprint density at radius 2 is 1.94 bits per heavy atom. The Balaban J connectivity index is 1.50. The molecule has 1 aromatic carbocycles. The van der Waals surface area contributed by atoms with Crippen molar-refractivity contribution in [3.8, 4) is 0 Å². The summed E-state index contributed by atoms with van der Waals surface area (Å²) in [5.74, 6) is -0.795. The summed E-state index contributed by atoms with van der Waals surface area (Å²) in [6, 6.07) is 5.57. The lowest BCUT2D eigenvalue weighted by molar-refractivity contribution is -0.160. The molecule has 1 unspecified atom stereocenters. The number of imidazole rings is 1. The molecule has 0 bridgehead atoms. The quantitative estimate of drug-likeness (QED) is 0.462. The van der Waals surface area contributed by atoms with Gasteiger partial charge in [0.05, 0.1) is 29.9 Å². The highest BCUT2D eigenvalue weighted by atomic mass is 19.4. The van der Waals surface area contributed by atoms with Crippen molar-refractivity contribution in [2.75, 3.05) is 0 Å². The monoisotopic (exact) mass is 501 g/mol. The highest BCUT2D eigenvalue weighted by molar-refractivity contribution is 5.95. The molecular weight excluding hydrogens is 474 g/mol. The predicted octanol–water partition coefficient (Wildman–Crippen LogP) is 4.67. The van der Waals surface area contributed by atoms with Crippen LogP contribution in [-0.2, 0) is 19.0 Å². The maximum absolute atomic E-state index is 14.0.